The van der Waals surface area contributed by atoms with Crippen molar-refractivity contribution in [1.29, 1.82) is 0 Å². The Kier molecular flexibility index (Phi) is 6.39. The summed E-state index contributed by atoms with van der Waals surface area (Å²) in [5, 5.41) is 0. The monoisotopic (exact) mass is 218 g/mol. The van der Waals surface area contributed by atoms with Gasteiger partial charge in [0, 0.05) is 5.56 Å². The third kappa shape index (κ3) is 4.52. The molecule has 88 valence electrons. The minimum atomic E-state index is 0.814. The number of ether oxygens (including phenoxy) is 1. The lowest BCUT2D eigenvalue weighted by atomic mass is 10.1. The zero-order valence-electron chi connectivity index (χ0n) is 10.2. The van der Waals surface area contributed by atoms with Crippen LogP contribution in [0.25, 0.3) is 6.08 Å². The zero-order chi connectivity index (χ0) is 11.6. The van der Waals surface area contributed by atoms with E-state index in [-0.39, 0.29) is 0 Å². The first kappa shape index (κ1) is 12.8. The lowest BCUT2D eigenvalue weighted by Crippen LogP contribution is -1.98. The first-order valence-electron chi connectivity index (χ1n) is 6.22. The second kappa shape index (κ2) is 7.98. The molecule has 0 saturated carbocycles. The molecule has 0 atom stereocenters. The van der Waals surface area contributed by atoms with Crippen LogP contribution >= 0.6 is 0 Å². The maximum absolute atomic E-state index is 5.74. The molecule has 1 aromatic rings. The van der Waals surface area contributed by atoms with Crippen molar-refractivity contribution < 1.29 is 4.74 Å². The second-order valence-electron chi connectivity index (χ2n) is 4.00. The molecule has 1 aromatic carbocycles. The quantitative estimate of drug-likeness (QED) is 0.576. The minimum absolute atomic E-state index is 0.814. The minimum Gasteiger partial charge on any atom is -0.493 e. The average Bonchev–Trinajstić information content (AvgIpc) is 2.34. The van der Waals surface area contributed by atoms with E-state index >= 15 is 0 Å². The van der Waals surface area contributed by atoms with Gasteiger partial charge in [0.15, 0.2) is 0 Å². The van der Waals surface area contributed by atoms with E-state index in [2.05, 4.69) is 13.5 Å². The van der Waals surface area contributed by atoms with Gasteiger partial charge in [0.2, 0.25) is 0 Å². The van der Waals surface area contributed by atoms with Crippen molar-refractivity contribution in [3.8, 4) is 5.75 Å². The van der Waals surface area contributed by atoms with Crippen LogP contribution in [0.1, 0.15) is 44.6 Å². The van der Waals surface area contributed by atoms with Crippen molar-refractivity contribution in [2.24, 2.45) is 0 Å². The van der Waals surface area contributed by atoms with Crippen molar-refractivity contribution >= 4 is 6.08 Å². The lowest BCUT2D eigenvalue weighted by Gasteiger charge is -2.08. The zero-order valence-corrected chi connectivity index (χ0v) is 10.2. The first-order valence-corrected chi connectivity index (χ1v) is 6.22. The third-order valence-electron chi connectivity index (χ3n) is 2.64. The van der Waals surface area contributed by atoms with E-state index in [4.69, 9.17) is 4.74 Å². The molecule has 0 N–H and O–H groups in total. The number of para-hydroxylation sites is 1. The van der Waals surface area contributed by atoms with Crippen molar-refractivity contribution in [2.45, 2.75) is 39.0 Å². The summed E-state index contributed by atoms with van der Waals surface area (Å²) in [5.74, 6) is 0.952. The largest absolute Gasteiger partial charge is 0.493 e. The van der Waals surface area contributed by atoms with Gasteiger partial charge in [-0.15, -0.1) is 0 Å². The molecule has 0 aliphatic heterocycles. The topological polar surface area (TPSA) is 9.23 Å². The van der Waals surface area contributed by atoms with E-state index in [0.717, 1.165) is 24.3 Å². The predicted octanol–water partition coefficient (Wildman–Crippen LogP) is 4.68. The molecular formula is C15H22O. The van der Waals surface area contributed by atoms with Gasteiger partial charge in [-0.25, -0.2) is 0 Å². The highest BCUT2D eigenvalue weighted by Crippen LogP contribution is 2.19. The Balaban J connectivity index is 2.23. The molecule has 0 saturated heterocycles. The molecule has 0 aliphatic rings. The maximum Gasteiger partial charge on any atom is 0.126 e. The van der Waals surface area contributed by atoms with Crippen LogP contribution < -0.4 is 4.74 Å². The molecule has 0 unspecified atom stereocenters. The van der Waals surface area contributed by atoms with Gasteiger partial charge < -0.3 is 4.74 Å². The van der Waals surface area contributed by atoms with E-state index in [1.165, 1.54) is 25.7 Å². The molecule has 0 spiro atoms. The van der Waals surface area contributed by atoms with Crippen LogP contribution in [0.5, 0.6) is 5.75 Å². The Morgan fingerprint density at radius 1 is 1.12 bits per heavy atom. The van der Waals surface area contributed by atoms with Gasteiger partial charge in [-0.3, -0.25) is 0 Å². The van der Waals surface area contributed by atoms with E-state index < -0.39 is 0 Å². The highest BCUT2D eigenvalue weighted by atomic mass is 16.5. The molecule has 16 heavy (non-hydrogen) atoms. The van der Waals surface area contributed by atoms with Crippen molar-refractivity contribution in [3.63, 3.8) is 0 Å². The Morgan fingerprint density at radius 3 is 2.62 bits per heavy atom. The molecule has 1 heteroatoms. The summed E-state index contributed by atoms with van der Waals surface area (Å²) in [5.41, 5.74) is 1.08. The molecule has 0 aliphatic carbocycles. The van der Waals surface area contributed by atoms with Crippen LogP contribution in [0.3, 0.4) is 0 Å². The van der Waals surface area contributed by atoms with Gasteiger partial charge >= 0.3 is 0 Å². The van der Waals surface area contributed by atoms with Crippen molar-refractivity contribution in [1.82, 2.24) is 0 Å². The predicted molar refractivity (Wildman–Crippen MR) is 70.8 cm³/mol. The van der Waals surface area contributed by atoms with Gasteiger partial charge in [-0.1, -0.05) is 63.5 Å². The average molecular weight is 218 g/mol. The molecule has 0 fully saturated rings. The number of hydrogen-bond donors (Lipinski definition) is 0. The van der Waals surface area contributed by atoms with E-state index in [0.29, 0.717) is 0 Å². The second-order valence-corrected chi connectivity index (χ2v) is 4.00. The van der Waals surface area contributed by atoms with Crippen molar-refractivity contribution in [2.75, 3.05) is 6.61 Å². The SMILES string of the molecule is C=Cc1ccccc1OCCCCCCC. The van der Waals surface area contributed by atoms with Crippen LogP contribution in [-0.4, -0.2) is 6.61 Å². The molecule has 0 amide bonds. The molecule has 0 radical (unpaired) electrons. The van der Waals surface area contributed by atoms with E-state index in [1.807, 2.05) is 30.3 Å². The van der Waals surface area contributed by atoms with Crippen LogP contribution in [0, 0.1) is 0 Å². The van der Waals surface area contributed by atoms with Crippen LogP contribution in [0.2, 0.25) is 0 Å². The fourth-order valence-electron chi connectivity index (χ4n) is 1.67. The highest BCUT2D eigenvalue weighted by molar-refractivity contribution is 5.55. The summed E-state index contributed by atoms with van der Waals surface area (Å²) in [7, 11) is 0. The Labute approximate surface area is 99.1 Å². The van der Waals surface area contributed by atoms with Crippen LogP contribution in [0.4, 0.5) is 0 Å². The highest BCUT2D eigenvalue weighted by Gasteiger charge is 1.98. The van der Waals surface area contributed by atoms with Gasteiger partial charge in [-0.05, 0) is 12.5 Å². The normalized spacial score (nSPS) is 10.1. The number of hydrogen-bond acceptors (Lipinski definition) is 1. The summed E-state index contributed by atoms with van der Waals surface area (Å²) >= 11 is 0. The van der Waals surface area contributed by atoms with Gasteiger partial charge in [-0.2, -0.15) is 0 Å². The summed E-state index contributed by atoms with van der Waals surface area (Å²) in [4.78, 5) is 0. The molecule has 0 aromatic heterocycles. The fourth-order valence-corrected chi connectivity index (χ4v) is 1.67. The van der Waals surface area contributed by atoms with E-state index in [1.54, 1.807) is 0 Å². The van der Waals surface area contributed by atoms with Crippen LogP contribution in [0.15, 0.2) is 30.8 Å². The molecule has 0 heterocycles. The number of unbranched alkanes of at least 4 members (excludes halogenated alkanes) is 4. The standard InChI is InChI=1S/C15H22O/c1-3-5-6-7-10-13-16-15-12-9-8-11-14(15)4-2/h4,8-9,11-12H,2-3,5-7,10,13H2,1H3. The fraction of sp³-hybridized carbons (Fsp3) is 0.467. The summed E-state index contributed by atoms with van der Waals surface area (Å²) in [6.07, 6.45) is 8.20. The molecule has 1 rings (SSSR count). The van der Waals surface area contributed by atoms with Gasteiger partial charge in [0.05, 0.1) is 6.61 Å². The smallest absolute Gasteiger partial charge is 0.126 e. The summed E-state index contributed by atoms with van der Waals surface area (Å²) < 4.78 is 5.74. The maximum atomic E-state index is 5.74. The first-order chi connectivity index (χ1) is 7.88. The van der Waals surface area contributed by atoms with Crippen molar-refractivity contribution in [3.05, 3.63) is 36.4 Å². The molecule has 1 nitrogen and oxygen atoms in total. The lowest BCUT2D eigenvalue weighted by molar-refractivity contribution is 0.304. The third-order valence-corrected chi connectivity index (χ3v) is 2.64. The molecule has 0 bridgehead atoms. The van der Waals surface area contributed by atoms with E-state index in [9.17, 15) is 0 Å². The Bertz CT molecular complexity index is 304. The number of rotatable bonds is 8. The Morgan fingerprint density at radius 2 is 1.88 bits per heavy atom. The summed E-state index contributed by atoms with van der Waals surface area (Å²) in [6.45, 7) is 6.83. The van der Waals surface area contributed by atoms with Crippen LogP contribution in [-0.2, 0) is 0 Å². The van der Waals surface area contributed by atoms with Gasteiger partial charge in [0.1, 0.15) is 5.75 Å². The summed E-state index contributed by atoms with van der Waals surface area (Å²) in [6, 6.07) is 8.03. The van der Waals surface area contributed by atoms with Gasteiger partial charge in [0.25, 0.3) is 0 Å². The number of benzene rings is 1. The Hall–Kier alpha value is -1.24. The molecular weight excluding hydrogens is 196 g/mol.